The fourth-order valence-corrected chi connectivity index (χ4v) is 3.73. The first-order valence-electron chi connectivity index (χ1n) is 8.71. The second-order valence-corrected chi connectivity index (χ2v) is 6.92. The van der Waals surface area contributed by atoms with Crippen LogP contribution in [0.4, 0.5) is 11.6 Å². The highest BCUT2D eigenvalue weighted by atomic mass is 35.5. The number of aromatic nitrogens is 3. The van der Waals surface area contributed by atoms with Crippen LogP contribution >= 0.6 is 11.6 Å². The van der Waals surface area contributed by atoms with Gasteiger partial charge >= 0.3 is 0 Å². The zero-order valence-corrected chi connectivity index (χ0v) is 15.1. The van der Waals surface area contributed by atoms with Crippen LogP contribution in [0.25, 0.3) is 22.2 Å². The van der Waals surface area contributed by atoms with Gasteiger partial charge in [-0.25, -0.2) is 4.98 Å². The van der Waals surface area contributed by atoms with Crippen molar-refractivity contribution in [3.63, 3.8) is 0 Å². The summed E-state index contributed by atoms with van der Waals surface area (Å²) in [6, 6.07) is 17.4. The minimum absolute atomic E-state index is 0.197. The van der Waals surface area contributed by atoms with Crippen LogP contribution in [0.5, 0.6) is 0 Å². The molecule has 132 valence electrons. The van der Waals surface area contributed by atoms with Crippen molar-refractivity contribution in [3.05, 3.63) is 81.7 Å². The molecule has 1 N–H and O–H groups in total. The largest absolute Gasteiger partial charge is 0.311 e. The molecule has 2 aromatic carbocycles. The van der Waals surface area contributed by atoms with E-state index >= 15 is 0 Å². The predicted molar refractivity (Wildman–Crippen MR) is 108 cm³/mol. The molecule has 0 amide bonds. The number of fused-ring (bicyclic) bond motifs is 2. The molecule has 0 spiro atoms. The van der Waals surface area contributed by atoms with Gasteiger partial charge in [0.2, 0.25) is 5.95 Å². The quantitative estimate of drug-likeness (QED) is 0.567. The highest BCUT2D eigenvalue weighted by Gasteiger charge is 2.23. The molecule has 0 bridgehead atoms. The molecule has 4 aromatic rings. The molecule has 0 fully saturated rings. The number of anilines is 2. The number of nitrogens with zero attached hydrogens (tertiary/aromatic N) is 3. The van der Waals surface area contributed by atoms with Gasteiger partial charge in [-0.2, -0.15) is 4.98 Å². The van der Waals surface area contributed by atoms with Gasteiger partial charge in [-0.1, -0.05) is 41.9 Å². The molecule has 6 heteroatoms. The number of hydrogen-bond donors (Lipinski definition) is 1. The molecule has 0 radical (unpaired) electrons. The lowest BCUT2D eigenvalue weighted by Crippen LogP contribution is -2.21. The Labute approximate surface area is 160 Å². The van der Waals surface area contributed by atoms with Crippen molar-refractivity contribution in [1.29, 1.82) is 0 Å². The Morgan fingerprint density at radius 2 is 1.85 bits per heavy atom. The van der Waals surface area contributed by atoms with E-state index in [9.17, 15) is 4.79 Å². The van der Waals surface area contributed by atoms with Crippen molar-refractivity contribution in [3.8, 4) is 11.1 Å². The Bertz CT molecular complexity index is 1220. The van der Waals surface area contributed by atoms with E-state index in [1.54, 1.807) is 18.3 Å². The van der Waals surface area contributed by atoms with Gasteiger partial charge in [-0.15, -0.1) is 0 Å². The third-order valence-electron chi connectivity index (χ3n) is 4.89. The van der Waals surface area contributed by atoms with Crippen LogP contribution in [-0.2, 0) is 6.42 Å². The fourth-order valence-electron chi connectivity index (χ4n) is 3.61. The third kappa shape index (κ3) is 2.67. The molecule has 2 aromatic heterocycles. The first-order valence-corrected chi connectivity index (χ1v) is 9.09. The van der Waals surface area contributed by atoms with E-state index in [-0.39, 0.29) is 5.56 Å². The highest BCUT2D eigenvalue weighted by Crippen LogP contribution is 2.33. The SMILES string of the molecule is O=c1[nH]c(N2CCc3ccccc32)nc2nccc(-c3ccc(Cl)cc3)c12. The van der Waals surface area contributed by atoms with Gasteiger partial charge in [0.1, 0.15) is 0 Å². The third-order valence-corrected chi connectivity index (χ3v) is 5.15. The van der Waals surface area contributed by atoms with Gasteiger partial charge in [0.15, 0.2) is 5.65 Å². The summed E-state index contributed by atoms with van der Waals surface area (Å²) in [7, 11) is 0. The number of aromatic amines is 1. The molecule has 1 aliphatic rings. The van der Waals surface area contributed by atoms with Crippen molar-refractivity contribution >= 4 is 34.3 Å². The molecule has 5 nitrogen and oxygen atoms in total. The number of hydrogen-bond acceptors (Lipinski definition) is 4. The maximum absolute atomic E-state index is 12.9. The van der Waals surface area contributed by atoms with Gasteiger partial charge in [0.05, 0.1) is 5.39 Å². The average molecular weight is 375 g/mol. The summed E-state index contributed by atoms with van der Waals surface area (Å²) in [4.78, 5) is 26.9. The summed E-state index contributed by atoms with van der Waals surface area (Å²) in [5.41, 5.74) is 4.26. The highest BCUT2D eigenvalue weighted by molar-refractivity contribution is 6.30. The number of rotatable bonds is 2. The van der Waals surface area contributed by atoms with E-state index in [1.165, 1.54) is 5.56 Å². The van der Waals surface area contributed by atoms with E-state index in [2.05, 4.69) is 21.0 Å². The summed E-state index contributed by atoms with van der Waals surface area (Å²) in [6.07, 6.45) is 2.61. The molecule has 0 atom stereocenters. The zero-order chi connectivity index (χ0) is 18.4. The van der Waals surface area contributed by atoms with Crippen molar-refractivity contribution in [2.45, 2.75) is 6.42 Å². The van der Waals surface area contributed by atoms with Gasteiger partial charge in [-0.3, -0.25) is 9.78 Å². The van der Waals surface area contributed by atoms with Gasteiger partial charge in [0.25, 0.3) is 5.56 Å². The monoisotopic (exact) mass is 374 g/mol. The Morgan fingerprint density at radius 1 is 1.04 bits per heavy atom. The van der Waals surface area contributed by atoms with E-state index in [4.69, 9.17) is 11.6 Å². The summed E-state index contributed by atoms with van der Waals surface area (Å²) < 4.78 is 0. The standard InChI is InChI=1S/C21H15ClN4O/c22-15-7-5-13(6-8-15)16-9-11-23-19-18(16)20(27)25-21(24-19)26-12-10-14-3-1-2-4-17(14)26/h1-9,11H,10,12H2,(H,23,24,25,27). The normalized spacial score (nSPS) is 13.1. The smallest absolute Gasteiger partial charge is 0.262 e. The second-order valence-electron chi connectivity index (χ2n) is 6.48. The lowest BCUT2D eigenvalue weighted by molar-refractivity contribution is 0.938. The zero-order valence-electron chi connectivity index (χ0n) is 14.3. The summed E-state index contributed by atoms with van der Waals surface area (Å²) in [5, 5.41) is 1.13. The number of H-pyrrole nitrogens is 1. The number of pyridine rings is 1. The summed E-state index contributed by atoms with van der Waals surface area (Å²) in [5.74, 6) is 0.526. The lowest BCUT2D eigenvalue weighted by atomic mass is 10.0. The molecule has 0 unspecified atom stereocenters. The Hall–Kier alpha value is -3.18. The van der Waals surface area contributed by atoms with Crippen LogP contribution in [0, 0.1) is 0 Å². The molecule has 0 saturated heterocycles. The molecule has 0 aliphatic carbocycles. The Morgan fingerprint density at radius 3 is 2.70 bits per heavy atom. The Kier molecular flexibility index (Phi) is 3.69. The minimum atomic E-state index is -0.197. The van der Waals surface area contributed by atoms with E-state index in [0.717, 1.165) is 29.8 Å². The lowest BCUT2D eigenvalue weighted by Gasteiger charge is -2.18. The molecular formula is C21H15ClN4O. The van der Waals surface area contributed by atoms with Crippen LogP contribution in [0.3, 0.4) is 0 Å². The molecule has 5 rings (SSSR count). The van der Waals surface area contributed by atoms with E-state index in [0.29, 0.717) is 22.0 Å². The molecular weight excluding hydrogens is 360 g/mol. The Balaban J connectivity index is 1.67. The van der Waals surface area contributed by atoms with E-state index in [1.807, 2.05) is 41.3 Å². The summed E-state index contributed by atoms with van der Waals surface area (Å²) in [6.45, 7) is 0.782. The van der Waals surface area contributed by atoms with Crippen molar-refractivity contribution in [2.24, 2.45) is 0 Å². The second kappa shape index (κ2) is 6.21. The number of halogens is 1. The van der Waals surface area contributed by atoms with Gasteiger partial charge in [0, 0.05) is 23.5 Å². The maximum atomic E-state index is 12.9. The number of nitrogens with one attached hydrogen (secondary N) is 1. The van der Waals surface area contributed by atoms with Crippen LogP contribution in [0.2, 0.25) is 5.02 Å². The predicted octanol–water partition coefficient (Wildman–Crippen LogP) is 4.33. The van der Waals surface area contributed by atoms with Crippen LogP contribution in [-0.4, -0.2) is 21.5 Å². The van der Waals surface area contributed by atoms with Crippen LogP contribution in [0.15, 0.2) is 65.6 Å². The molecule has 3 heterocycles. The fraction of sp³-hybridized carbons (Fsp3) is 0.0952. The average Bonchev–Trinajstić information content (AvgIpc) is 3.12. The molecule has 27 heavy (non-hydrogen) atoms. The van der Waals surface area contributed by atoms with Crippen LogP contribution < -0.4 is 10.5 Å². The molecule has 0 saturated carbocycles. The van der Waals surface area contributed by atoms with E-state index < -0.39 is 0 Å². The van der Waals surface area contributed by atoms with Crippen molar-refractivity contribution in [2.75, 3.05) is 11.4 Å². The van der Waals surface area contributed by atoms with Gasteiger partial charge < -0.3 is 4.90 Å². The maximum Gasteiger partial charge on any atom is 0.262 e. The first kappa shape index (κ1) is 16.0. The number of para-hydroxylation sites is 1. The van der Waals surface area contributed by atoms with Crippen LogP contribution in [0.1, 0.15) is 5.56 Å². The first-order chi connectivity index (χ1) is 13.2. The molecule has 1 aliphatic heterocycles. The van der Waals surface area contributed by atoms with Crippen molar-refractivity contribution < 1.29 is 0 Å². The minimum Gasteiger partial charge on any atom is -0.311 e. The van der Waals surface area contributed by atoms with Crippen molar-refractivity contribution in [1.82, 2.24) is 15.0 Å². The summed E-state index contributed by atoms with van der Waals surface area (Å²) >= 11 is 5.99. The topological polar surface area (TPSA) is 61.9 Å². The van der Waals surface area contributed by atoms with Gasteiger partial charge in [-0.05, 0) is 47.4 Å². The number of benzene rings is 2.